The maximum Gasteiger partial charge on any atom is 0.411 e. The first-order valence-corrected chi connectivity index (χ1v) is 10.3. The zero-order valence-electron chi connectivity index (χ0n) is 15.9. The Morgan fingerprint density at radius 1 is 1.30 bits per heavy atom. The van der Waals surface area contributed by atoms with E-state index >= 15 is 0 Å². The van der Waals surface area contributed by atoms with E-state index in [0.29, 0.717) is 25.9 Å². The number of halogens is 3. The Morgan fingerprint density at radius 2 is 2.03 bits per heavy atom. The highest BCUT2D eigenvalue weighted by atomic mass is 79.9. The van der Waals surface area contributed by atoms with Crippen molar-refractivity contribution in [1.29, 1.82) is 0 Å². The first-order chi connectivity index (χ1) is 14.2. The summed E-state index contributed by atoms with van der Waals surface area (Å²) >= 11 is 15.6. The molecular weight excluding hydrogens is 497 g/mol. The molecule has 8 nitrogen and oxygen atoms in total. The van der Waals surface area contributed by atoms with Crippen molar-refractivity contribution in [1.82, 2.24) is 14.8 Å². The molecule has 2 aromatic heterocycles. The molecule has 0 unspecified atom stereocenters. The molecule has 0 saturated carbocycles. The van der Waals surface area contributed by atoms with Gasteiger partial charge in [-0.05, 0) is 59.6 Å². The molecule has 3 rings (SSSR count). The van der Waals surface area contributed by atoms with Crippen LogP contribution in [0.15, 0.2) is 41.1 Å². The first-order valence-electron chi connectivity index (χ1n) is 8.71. The third kappa shape index (κ3) is 4.43. The summed E-state index contributed by atoms with van der Waals surface area (Å²) in [7, 11) is 0. The first kappa shape index (κ1) is 22.1. The number of amides is 2. The molecule has 3 aromatic rings. The van der Waals surface area contributed by atoms with Gasteiger partial charge in [-0.2, -0.15) is 5.10 Å². The normalized spacial score (nSPS) is 10.7. The molecule has 0 fully saturated rings. The van der Waals surface area contributed by atoms with E-state index in [1.165, 1.54) is 23.0 Å². The molecule has 2 amide bonds. The molecule has 2 heterocycles. The molecule has 156 valence electrons. The van der Waals surface area contributed by atoms with Crippen molar-refractivity contribution in [2.75, 3.05) is 16.8 Å². The predicted molar refractivity (Wildman–Crippen MR) is 119 cm³/mol. The number of pyridine rings is 1. The zero-order chi connectivity index (χ0) is 22.0. The smallest absolute Gasteiger partial charge is 0.411 e. The van der Waals surface area contributed by atoms with Crippen LogP contribution < -0.4 is 10.2 Å². The lowest BCUT2D eigenvalue weighted by Gasteiger charge is -2.23. The molecule has 0 aliphatic carbocycles. The van der Waals surface area contributed by atoms with Gasteiger partial charge in [-0.3, -0.25) is 9.69 Å². The summed E-state index contributed by atoms with van der Waals surface area (Å²) in [5.41, 5.74) is 1.35. The van der Waals surface area contributed by atoms with Gasteiger partial charge in [0, 0.05) is 23.8 Å². The quantitative estimate of drug-likeness (QED) is 0.476. The Hall–Kier alpha value is -2.62. The highest BCUT2D eigenvalue weighted by Crippen LogP contribution is 2.34. The molecule has 2 N–H and O–H groups in total. The molecular formula is C19H16BrCl2N5O3. The lowest BCUT2D eigenvalue weighted by molar-refractivity contribution is 0.101. The van der Waals surface area contributed by atoms with Crippen LogP contribution in [0.25, 0.3) is 5.82 Å². The fraction of sp³-hybridized carbons (Fsp3) is 0.158. The average Bonchev–Trinajstić information content (AvgIpc) is 3.06. The number of benzene rings is 1. The van der Waals surface area contributed by atoms with Crippen LogP contribution in [-0.2, 0) is 0 Å². The van der Waals surface area contributed by atoms with Crippen LogP contribution in [0.1, 0.15) is 23.0 Å². The Labute approximate surface area is 190 Å². The molecule has 0 saturated heterocycles. The number of hydrogen-bond acceptors (Lipinski definition) is 4. The van der Waals surface area contributed by atoms with Gasteiger partial charge in [-0.15, -0.1) is 0 Å². The maximum absolute atomic E-state index is 13.1. The van der Waals surface area contributed by atoms with Gasteiger partial charge >= 0.3 is 6.09 Å². The van der Waals surface area contributed by atoms with Crippen LogP contribution in [0.3, 0.4) is 0 Å². The van der Waals surface area contributed by atoms with Crippen molar-refractivity contribution in [2.45, 2.75) is 13.8 Å². The second-order valence-corrected chi connectivity index (χ2v) is 7.83. The number of carbonyl (C=O) groups excluding carboxylic acids is 1. The summed E-state index contributed by atoms with van der Waals surface area (Å²) < 4.78 is 1.71. The molecule has 1 aromatic carbocycles. The van der Waals surface area contributed by atoms with Crippen molar-refractivity contribution in [3.8, 4) is 5.82 Å². The van der Waals surface area contributed by atoms with Crippen molar-refractivity contribution >= 4 is 62.5 Å². The lowest BCUT2D eigenvalue weighted by atomic mass is 10.1. The maximum atomic E-state index is 13.1. The Balaban J connectivity index is 2.06. The van der Waals surface area contributed by atoms with Gasteiger partial charge < -0.3 is 10.4 Å². The molecule has 0 bridgehead atoms. The van der Waals surface area contributed by atoms with Crippen LogP contribution in [-0.4, -0.2) is 38.4 Å². The third-order valence-corrected chi connectivity index (χ3v) is 5.11. The number of anilines is 2. The summed E-state index contributed by atoms with van der Waals surface area (Å²) in [6.07, 6.45) is 0.369. The van der Waals surface area contributed by atoms with Gasteiger partial charge in [0.25, 0.3) is 5.91 Å². The van der Waals surface area contributed by atoms with Gasteiger partial charge in [-0.25, -0.2) is 14.5 Å². The molecule has 0 aliphatic heterocycles. The zero-order valence-corrected chi connectivity index (χ0v) is 19.0. The SMILES string of the molecule is CCN(C(=O)O)c1cc(Cl)cc(C)c1NC(=O)c1cc(Br)nn1-c1ncccc1Cl. The van der Waals surface area contributed by atoms with Crippen LogP contribution >= 0.6 is 39.1 Å². The summed E-state index contributed by atoms with van der Waals surface area (Å²) in [6, 6.07) is 7.94. The van der Waals surface area contributed by atoms with Crippen LogP contribution in [0, 0.1) is 6.92 Å². The van der Waals surface area contributed by atoms with E-state index in [1.54, 1.807) is 32.0 Å². The van der Waals surface area contributed by atoms with Crippen LogP contribution in [0.4, 0.5) is 16.2 Å². The summed E-state index contributed by atoms with van der Waals surface area (Å²) in [4.78, 5) is 30.1. The lowest BCUT2D eigenvalue weighted by Crippen LogP contribution is -2.30. The topological polar surface area (TPSA) is 100 Å². The number of nitrogens with zero attached hydrogens (tertiary/aromatic N) is 4. The second-order valence-electron chi connectivity index (χ2n) is 6.17. The van der Waals surface area contributed by atoms with E-state index in [1.807, 2.05) is 0 Å². The van der Waals surface area contributed by atoms with Crippen molar-refractivity contribution in [3.63, 3.8) is 0 Å². The van der Waals surface area contributed by atoms with Crippen LogP contribution in [0.5, 0.6) is 0 Å². The van der Waals surface area contributed by atoms with Gasteiger partial charge in [0.1, 0.15) is 10.3 Å². The van der Waals surface area contributed by atoms with E-state index < -0.39 is 12.0 Å². The van der Waals surface area contributed by atoms with Crippen molar-refractivity contribution in [2.24, 2.45) is 0 Å². The van der Waals surface area contributed by atoms with Crippen molar-refractivity contribution < 1.29 is 14.7 Å². The number of aromatic nitrogens is 3. The largest absolute Gasteiger partial charge is 0.465 e. The number of carboxylic acid groups (broad SMARTS) is 1. The van der Waals surface area contributed by atoms with Gasteiger partial charge in [0.05, 0.1) is 16.4 Å². The molecule has 30 heavy (non-hydrogen) atoms. The Morgan fingerprint density at radius 3 is 2.67 bits per heavy atom. The third-order valence-electron chi connectivity index (χ3n) is 4.21. The van der Waals surface area contributed by atoms with E-state index in [9.17, 15) is 14.7 Å². The molecule has 0 spiro atoms. The molecule has 11 heteroatoms. The van der Waals surface area contributed by atoms with Crippen molar-refractivity contribution in [3.05, 3.63) is 62.4 Å². The number of aryl methyl sites for hydroxylation is 1. The summed E-state index contributed by atoms with van der Waals surface area (Å²) in [5, 5.41) is 17.2. The van der Waals surface area contributed by atoms with E-state index in [-0.39, 0.29) is 23.7 Å². The minimum Gasteiger partial charge on any atom is -0.465 e. The highest BCUT2D eigenvalue weighted by molar-refractivity contribution is 9.10. The van der Waals surface area contributed by atoms with Gasteiger partial charge in [0.15, 0.2) is 5.82 Å². The number of carbonyl (C=O) groups is 2. The summed E-state index contributed by atoms with van der Waals surface area (Å²) in [6.45, 7) is 3.58. The Bertz CT molecular complexity index is 1140. The van der Waals surface area contributed by atoms with Gasteiger partial charge in [-0.1, -0.05) is 23.2 Å². The minimum atomic E-state index is -1.16. The number of rotatable bonds is 5. The molecule has 0 aliphatic rings. The van der Waals surface area contributed by atoms with E-state index in [2.05, 4.69) is 31.3 Å². The molecule has 0 atom stereocenters. The number of hydrogen-bond donors (Lipinski definition) is 2. The van der Waals surface area contributed by atoms with Gasteiger partial charge in [0.2, 0.25) is 0 Å². The fourth-order valence-corrected chi connectivity index (χ4v) is 3.74. The van der Waals surface area contributed by atoms with E-state index in [4.69, 9.17) is 23.2 Å². The minimum absolute atomic E-state index is 0.154. The predicted octanol–water partition coefficient (Wildman–Crippen LogP) is 5.40. The monoisotopic (exact) mass is 511 g/mol. The average molecular weight is 513 g/mol. The second kappa shape index (κ2) is 9.03. The molecule has 0 radical (unpaired) electrons. The Kier molecular flexibility index (Phi) is 6.64. The summed E-state index contributed by atoms with van der Waals surface area (Å²) in [5.74, 6) is -0.244. The highest BCUT2D eigenvalue weighted by Gasteiger charge is 2.23. The van der Waals surface area contributed by atoms with Crippen LogP contribution in [0.2, 0.25) is 10.0 Å². The standard InChI is InChI=1S/C19H16BrCl2N5O3/c1-3-26(19(29)30)13-8-11(21)7-10(2)16(13)24-18(28)14-9-15(20)25-27(14)17-12(22)5-4-6-23-17/h4-9H,3H2,1-2H3,(H,24,28)(H,29,30). The number of nitrogens with one attached hydrogen (secondary N) is 1. The van der Waals surface area contributed by atoms with E-state index in [0.717, 1.165) is 4.90 Å². The fourth-order valence-electron chi connectivity index (χ4n) is 2.90.